The Kier molecular flexibility index (Phi) is 13.8. The number of carbonyl (C=O) groups is 6. The van der Waals surface area contributed by atoms with Crippen molar-refractivity contribution in [2.24, 2.45) is 46.3 Å². The maximum absolute atomic E-state index is 12.8. The summed E-state index contributed by atoms with van der Waals surface area (Å²) in [5.74, 6) is -1.21. The lowest BCUT2D eigenvalue weighted by Crippen LogP contribution is -2.63. The Labute approximate surface area is 313 Å². The monoisotopic (exact) mass is 749 g/mol. The Hall–Kier alpha value is -3.46. The molecule has 0 aromatic heterocycles. The summed E-state index contributed by atoms with van der Waals surface area (Å²) in [5.41, 5.74) is -1.12. The molecule has 4 fully saturated rings. The number of ether oxygens (including phenoxy) is 2. The average Bonchev–Trinajstić information content (AvgIpc) is 3.45. The molecule has 4 rings (SSSR count). The van der Waals surface area contributed by atoms with Crippen LogP contribution in [0, 0.1) is 46.3 Å². The largest absolute Gasteiger partial charge is 0.469 e. The van der Waals surface area contributed by atoms with Gasteiger partial charge in [-0.15, -0.1) is 0 Å². The molecule has 7 N–H and O–H groups in total. The highest BCUT2D eigenvalue weighted by Gasteiger charge is 2.65. The zero-order valence-electron chi connectivity index (χ0n) is 32.5. The fourth-order valence-corrected chi connectivity index (χ4v) is 10.4. The number of esters is 1. The minimum Gasteiger partial charge on any atom is -0.469 e. The molecular weight excluding hydrogens is 686 g/mol. The fourth-order valence-electron chi connectivity index (χ4n) is 10.4. The van der Waals surface area contributed by atoms with Crippen LogP contribution in [0.25, 0.3) is 0 Å². The Balaban J connectivity index is 1.20. The molecule has 0 bridgehead atoms. The fraction of sp³-hybridized carbons (Fsp3) is 0.842. The predicted octanol–water partition coefficient (Wildman–Crippen LogP) is 1.53. The van der Waals surface area contributed by atoms with E-state index < -0.39 is 48.2 Å². The molecule has 11 atom stereocenters. The van der Waals surface area contributed by atoms with Gasteiger partial charge in [-0.05, 0) is 118 Å². The molecule has 15 heteroatoms. The average molecular weight is 750 g/mol. The van der Waals surface area contributed by atoms with Gasteiger partial charge in [-0.25, -0.2) is 4.79 Å². The van der Waals surface area contributed by atoms with E-state index in [0.29, 0.717) is 25.7 Å². The van der Waals surface area contributed by atoms with Crippen LogP contribution in [0.3, 0.4) is 0 Å². The van der Waals surface area contributed by atoms with Crippen LogP contribution in [0.1, 0.15) is 99.3 Å². The Morgan fingerprint density at radius 1 is 0.792 bits per heavy atom. The normalized spacial score (nSPS) is 33.8. The molecule has 4 aliphatic carbocycles. The molecule has 0 spiro atoms. The minimum atomic E-state index is -0.766. The molecule has 15 nitrogen and oxygen atoms in total. The zero-order valence-corrected chi connectivity index (χ0v) is 32.5. The van der Waals surface area contributed by atoms with Crippen LogP contribution < -0.4 is 26.6 Å². The van der Waals surface area contributed by atoms with Gasteiger partial charge in [-0.3, -0.25) is 24.0 Å². The molecule has 0 radical (unpaired) electrons. The van der Waals surface area contributed by atoms with Crippen molar-refractivity contribution in [1.82, 2.24) is 26.6 Å². The van der Waals surface area contributed by atoms with Gasteiger partial charge in [0.25, 0.3) is 0 Å². The third kappa shape index (κ3) is 10.2. The third-order valence-electron chi connectivity index (χ3n) is 13.1. The van der Waals surface area contributed by atoms with Gasteiger partial charge < -0.3 is 46.3 Å². The summed E-state index contributed by atoms with van der Waals surface area (Å²) < 4.78 is 9.90. The van der Waals surface area contributed by atoms with Crippen LogP contribution >= 0.6 is 0 Å². The summed E-state index contributed by atoms with van der Waals surface area (Å²) >= 11 is 0. The Morgan fingerprint density at radius 2 is 1.38 bits per heavy atom. The van der Waals surface area contributed by atoms with E-state index in [9.17, 15) is 39.0 Å². The van der Waals surface area contributed by atoms with E-state index >= 15 is 0 Å². The van der Waals surface area contributed by atoms with Crippen LogP contribution in [0.15, 0.2) is 0 Å². The molecular formula is C38H63N5O10. The van der Waals surface area contributed by atoms with Crippen LogP contribution in [0.2, 0.25) is 0 Å². The molecule has 0 unspecified atom stereocenters. The van der Waals surface area contributed by atoms with Crippen LogP contribution in [0.5, 0.6) is 0 Å². The summed E-state index contributed by atoms with van der Waals surface area (Å²) in [6, 6.07) is -0.111. The summed E-state index contributed by atoms with van der Waals surface area (Å²) in [5, 5.41) is 36.1. The lowest BCUT2D eigenvalue weighted by atomic mass is 9.43. The molecule has 0 aromatic rings. The first kappa shape index (κ1) is 42.3. The molecule has 300 valence electrons. The van der Waals surface area contributed by atoms with Crippen molar-refractivity contribution < 1.29 is 48.5 Å². The molecule has 0 aliphatic heterocycles. The van der Waals surface area contributed by atoms with Crippen LogP contribution in [-0.2, 0) is 33.4 Å². The van der Waals surface area contributed by atoms with Crippen molar-refractivity contribution in [2.45, 2.75) is 123 Å². The molecule has 4 aliphatic rings. The second-order valence-electron chi connectivity index (χ2n) is 17.4. The van der Waals surface area contributed by atoms with Gasteiger partial charge in [0.1, 0.15) is 12.1 Å². The van der Waals surface area contributed by atoms with Gasteiger partial charge in [0.15, 0.2) is 0 Å². The zero-order chi connectivity index (χ0) is 39.3. The number of aliphatic hydroxyl groups is 2. The molecule has 0 aromatic carbocycles. The van der Waals surface area contributed by atoms with E-state index in [1.807, 2.05) is 0 Å². The number of methoxy groups -OCH3 is 1. The summed E-state index contributed by atoms with van der Waals surface area (Å²) in [4.78, 5) is 72.6. The molecule has 0 heterocycles. The maximum atomic E-state index is 12.8. The highest BCUT2D eigenvalue weighted by molar-refractivity contribution is 5.90. The van der Waals surface area contributed by atoms with E-state index in [1.165, 1.54) is 7.11 Å². The quantitative estimate of drug-likeness (QED) is 0.135. The lowest BCUT2D eigenvalue weighted by Gasteiger charge is -2.63. The lowest BCUT2D eigenvalue weighted by molar-refractivity contribution is -0.202. The van der Waals surface area contributed by atoms with Gasteiger partial charge >= 0.3 is 12.1 Å². The van der Waals surface area contributed by atoms with Crippen molar-refractivity contribution in [3.05, 3.63) is 0 Å². The standard InChI is InChI=1S/C38H63N5O10/c1-21(8-11-33(50)52-7)24-9-10-25-34-26(16-28(45)38(24,25)6)37(5)13-12-23(14-22(37)15-27(34)44)43-32(49)20-41-30(47)18-39-29(46)17-40-31(48)19-42-35(51)53-36(2,3)4/h21-28,34,44-45H,8-20H2,1-7H3,(H,39,46)(H,40,48)(H,41,47)(H,42,51)(H,43,49)/t21-,22+,23+,24-,25+,26+,27-,28+,34+,37+,38-/m1/s1. The molecule has 5 amide bonds. The summed E-state index contributed by atoms with van der Waals surface area (Å²) in [7, 11) is 1.41. The molecule has 0 saturated heterocycles. The molecule has 4 saturated carbocycles. The number of nitrogens with one attached hydrogen (secondary N) is 5. The van der Waals surface area contributed by atoms with Gasteiger partial charge in [0.2, 0.25) is 23.6 Å². The topological polar surface area (TPSA) is 221 Å². The van der Waals surface area contributed by atoms with E-state index in [-0.39, 0.29) is 83.9 Å². The van der Waals surface area contributed by atoms with Gasteiger partial charge in [-0.2, -0.15) is 0 Å². The van der Waals surface area contributed by atoms with Crippen LogP contribution in [-0.4, -0.2) is 103 Å². The Bertz CT molecular complexity index is 1370. The second-order valence-corrected chi connectivity index (χ2v) is 17.4. The number of fused-ring (bicyclic) bond motifs is 5. The summed E-state index contributed by atoms with van der Waals surface area (Å²) in [6.45, 7) is 10.3. The van der Waals surface area contributed by atoms with E-state index in [4.69, 9.17) is 9.47 Å². The number of aliphatic hydroxyl groups excluding tert-OH is 2. The van der Waals surface area contributed by atoms with Crippen molar-refractivity contribution >= 4 is 35.7 Å². The van der Waals surface area contributed by atoms with E-state index in [1.54, 1.807) is 20.8 Å². The second kappa shape index (κ2) is 17.3. The first-order valence-electron chi connectivity index (χ1n) is 19.3. The molecule has 53 heavy (non-hydrogen) atoms. The highest BCUT2D eigenvalue weighted by Crippen LogP contribution is 2.68. The van der Waals surface area contributed by atoms with E-state index in [2.05, 4.69) is 47.4 Å². The van der Waals surface area contributed by atoms with Crippen LogP contribution in [0.4, 0.5) is 4.79 Å². The van der Waals surface area contributed by atoms with Crippen molar-refractivity contribution in [1.29, 1.82) is 0 Å². The number of amides is 5. The van der Waals surface area contributed by atoms with Crippen molar-refractivity contribution in [3.8, 4) is 0 Å². The number of alkyl carbamates (subject to hydrolysis) is 1. The number of hydrogen-bond donors (Lipinski definition) is 7. The van der Waals surface area contributed by atoms with Crippen molar-refractivity contribution in [3.63, 3.8) is 0 Å². The Morgan fingerprint density at radius 3 is 1.96 bits per heavy atom. The maximum Gasteiger partial charge on any atom is 0.408 e. The predicted molar refractivity (Wildman–Crippen MR) is 194 cm³/mol. The first-order valence-corrected chi connectivity index (χ1v) is 19.3. The number of rotatable bonds is 13. The minimum absolute atomic E-state index is 0.0808. The van der Waals surface area contributed by atoms with E-state index in [0.717, 1.165) is 32.1 Å². The summed E-state index contributed by atoms with van der Waals surface area (Å²) in [6.07, 6.45) is 4.86. The SMILES string of the molecule is COC(=O)CC[C@@H](C)[C@H]1CC[C@H]2[C@@H]3[C@H](O)C[C@@H]4C[C@@H](NC(=O)CNC(=O)CNC(=O)CNC(=O)CNC(=O)OC(C)(C)C)CC[C@]4(C)[C@H]3C[C@H](O)[C@]12C. The smallest absolute Gasteiger partial charge is 0.408 e. The third-order valence-corrected chi connectivity index (χ3v) is 13.1. The number of carbonyl (C=O) groups excluding carboxylic acids is 6. The van der Waals surface area contributed by atoms with Crippen molar-refractivity contribution in [2.75, 3.05) is 33.3 Å². The highest BCUT2D eigenvalue weighted by atomic mass is 16.6. The number of hydrogen-bond acceptors (Lipinski definition) is 10. The van der Waals surface area contributed by atoms with Gasteiger partial charge in [0, 0.05) is 12.5 Å². The first-order chi connectivity index (χ1) is 24.8. The van der Waals surface area contributed by atoms with Gasteiger partial charge in [0.05, 0.1) is 39.0 Å². The van der Waals surface area contributed by atoms with Gasteiger partial charge in [-0.1, -0.05) is 20.8 Å².